The Morgan fingerprint density at radius 3 is 2.81 bits per heavy atom. The Labute approximate surface area is 109 Å². The van der Waals surface area contributed by atoms with Gasteiger partial charge in [-0.2, -0.15) is 0 Å². The van der Waals surface area contributed by atoms with Crippen molar-refractivity contribution in [3.63, 3.8) is 0 Å². The monoisotopic (exact) mass is 333 g/mol. The van der Waals surface area contributed by atoms with Gasteiger partial charge in [0.25, 0.3) is 0 Å². The van der Waals surface area contributed by atoms with Gasteiger partial charge in [-0.05, 0) is 66.6 Å². The quantitative estimate of drug-likeness (QED) is 0.833. The Morgan fingerprint density at radius 2 is 2.25 bits per heavy atom. The van der Waals surface area contributed by atoms with Crippen molar-refractivity contribution in [2.75, 3.05) is 5.32 Å². The molecule has 0 saturated carbocycles. The first-order valence-corrected chi connectivity index (χ1v) is 6.31. The number of carbonyl (C=O) groups excluding carboxylic acids is 1. The zero-order valence-electron chi connectivity index (χ0n) is 9.46. The zero-order chi connectivity index (χ0) is 12.1. The number of hydrogen-bond acceptors (Lipinski definition) is 2. The van der Waals surface area contributed by atoms with E-state index < -0.39 is 6.10 Å². The SMILES string of the molecule is Cc1cc(I)ccc1NC(=O)CCC(C)O. The minimum atomic E-state index is -0.427. The van der Waals surface area contributed by atoms with Gasteiger partial charge in [0.2, 0.25) is 5.91 Å². The smallest absolute Gasteiger partial charge is 0.224 e. The van der Waals surface area contributed by atoms with Crippen molar-refractivity contribution in [3.8, 4) is 0 Å². The molecule has 0 aliphatic rings. The van der Waals surface area contributed by atoms with Gasteiger partial charge in [-0.3, -0.25) is 4.79 Å². The maximum Gasteiger partial charge on any atom is 0.224 e. The molecule has 1 aromatic rings. The number of carbonyl (C=O) groups is 1. The summed E-state index contributed by atoms with van der Waals surface area (Å²) in [4.78, 5) is 11.5. The van der Waals surface area contributed by atoms with Crippen molar-refractivity contribution in [2.45, 2.75) is 32.8 Å². The summed E-state index contributed by atoms with van der Waals surface area (Å²) in [5.74, 6) is -0.0507. The highest BCUT2D eigenvalue weighted by Crippen LogP contribution is 2.18. The molecule has 3 nitrogen and oxygen atoms in total. The van der Waals surface area contributed by atoms with Gasteiger partial charge in [0, 0.05) is 15.7 Å². The lowest BCUT2D eigenvalue weighted by molar-refractivity contribution is -0.116. The van der Waals surface area contributed by atoms with E-state index in [9.17, 15) is 4.79 Å². The lowest BCUT2D eigenvalue weighted by atomic mass is 10.2. The van der Waals surface area contributed by atoms with E-state index in [2.05, 4.69) is 27.9 Å². The topological polar surface area (TPSA) is 49.3 Å². The van der Waals surface area contributed by atoms with Crippen LogP contribution in [0.2, 0.25) is 0 Å². The van der Waals surface area contributed by atoms with Crippen LogP contribution in [0.4, 0.5) is 5.69 Å². The highest BCUT2D eigenvalue weighted by molar-refractivity contribution is 14.1. The average molecular weight is 333 g/mol. The van der Waals surface area contributed by atoms with Crippen LogP contribution in [0.15, 0.2) is 18.2 Å². The van der Waals surface area contributed by atoms with Crippen LogP contribution in [0, 0.1) is 10.5 Å². The third-order valence-electron chi connectivity index (χ3n) is 2.25. The molecule has 1 unspecified atom stereocenters. The molecule has 0 aliphatic heterocycles. The second-order valence-corrected chi connectivity index (χ2v) is 5.14. The number of halogens is 1. The summed E-state index contributed by atoms with van der Waals surface area (Å²) in [7, 11) is 0. The fourth-order valence-corrected chi connectivity index (χ4v) is 1.97. The fraction of sp³-hybridized carbons (Fsp3) is 0.417. The van der Waals surface area contributed by atoms with Gasteiger partial charge < -0.3 is 10.4 Å². The van der Waals surface area contributed by atoms with Crippen LogP contribution in [-0.2, 0) is 4.79 Å². The fourth-order valence-electron chi connectivity index (χ4n) is 1.32. The number of aliphatic hydroxyl groups is 1. The van der Waals surface area contributed by atoms with Gasteiger partial charge in [-0.15, -0.1) is 0 Å². The molecule has 0 aliphatic carbocycles. The minimum Gasteiger partial charge on any atom is -0.393 e. The number of benzene rings is 1. The molecule has 2 N–H and O–H groups in total. The van der Waals surface area contributed by atoms with Gasteiger partial charge in [0.15, 0.2) is 0 Å². The summed E-state index contributed by atoms with van der Waals surface area (Å²) in [6.45, 7) is 3.65. The molecule has 1 aromatic carbocycles. The van der Waals surface area contributed by atoms with Crippen LogP contribution in [0.3, 0.4) is 0 Å². The van der Waals surface area contributed by atoms with E-state index in [0.717, 1.165) is 14.8 Å². The van der Waals surface area contributed by atoms with Gasteiger partial charge in [-0.1, -0.05) is 0 Å². The Hall–Kier alpha value is -0.620. The van der Waals surface area contributed by atoms with E-state index in [1.165, 1.54) is 0 Å². The number of aliphatic hydroxyl groups excluding tert-OH is 1. The van der Waals surface area contributed by atoms with E-state index in [1.807, 2.05) is 25.1 Å². The third kappa shape index (κ3) is 4.49. The molecule has 16 heavy (non-hydrogen) atoms. The predicted octanol–water partition coefficient (Wildman–Crippen LogP) is 2.70. The van der Waals surface area contributed by atoms with Gasteiger partial charge in [-0.25, -0.2) is 0 Å². The molecule has 0 saturated heterocycles. The van der Waals surface area contributed by atoms with Crippen LogP contribution < -0.4 is 5.32 Å². The Balaban J connectivity index is 2.56. The van der Waals surface area contributed by atoms with Crippen LogP contribution in [0.1, 0.15) is 25.3 Å². The van der Waals surface area contributed by atoms with Crippen LogP contribution in [0.25, 0.3) is 0 Å². The molecular formula is C12H16INO2. The van der Waals surface area contributed by atoms with Crippen molar-refractivity contribution in [2.24, 2.45) is 0 Å². The minimum absolute atomic E-state index is 0.0507. The average Bonchev–Trinajstić information content (AvgIpc) is 2.19. The van der Waals surface area contributed by atoms with E-state index in [1.54, 1.807) is 6.92 Å². The molecule has 0 fully saturated rings. The highest BCUT2D eigenvalue weighted by Gasteiger charge is 2.06. The van der Waals surface area contributed by atoms with Crippen molar-refractivity contribution in [1.29, 1.82) is 0 Å². The predicted molar refractivity (Wildman–Crippen MR) is 73.4 cm³/mol. The summed E-state index contributed by atoms with van der Waals surface area (Å²) in [5, 5.41) is 11.9. The number of nitrogens with one attached hydrogen (secondary N) is 1. The standard InChI is InChI=1S/C12H16INO2/c1-8-7-10(13)4-5-11(8)14-12(16)6-3-9(2)15/h4-5,7,9,15H,3,6H2,1-2H3,(H,14,16). The largest absolute Gasteiger partial charge is 0.393 e. The second-order valence-electron chi connectivity index (χ2n) is 3.90. The molecule has 0 spiro atoms. The molecule has 0 aromatic heterocycles. The number of anilines is 1. The van der Waals surface area contributed by atoms with Crippen LogP contribution in [0.5, 0.6) is 0 Å². The van der Waals surface area contributed by atoms with Gasteiger partial charge in [0.05, 0.1) is 6.10 Å². The first-order valence-electron chi connectivity index (χ1n) is 5.23. The van der Waals surface area contributed by atoms with Crippen LogP contribution >= 0.6 is 22.6 Å². The second kappa shape index (κ2) is 6.20. The molecule has 1 amide bonds. The molecule has 1 rings (SSSR count). The summed E-state index contributed by atoms with van der Waals surface area (Å²) in [6, 6.07) is 5.88. The summed E-state index contributed by atoms with van der Waals surface area (Å²) in [5.41, 5.74) is 1.90. The maximum atomic E-state index is 11.5. The lowest BCUT2D eigenvalue weighted by Gasteiger charge is -2.09. The normalized spacial score (nSPS) is 12.2. The van der Waals surface area contributed by atoms with E-state index in [0.29, 0.717) is 12.8 Å². The molecule has 0 bridgehead atoms. The summed E-state index contributed by atoms with van der Waals surface area (Å²) >= 11 is 2.24. The van der Waals surface area contributed by atoms with Crippen LogP contribution in [-0.4, -0.2) is 17.1 Å². The molecule has 0 radical (unpaired) electrons. The Bertz CT molecular complexity index is 377. The lowest BCUT2D eigenvalue weighted by Crippen LogP contribution is -2.14. The highest BCUT2D eigenvalue weighted by atomic mass is 127. The van der Waals surface area contributed by atoms with Gasteiger partial charge in [0.1, 0.15) is 0 Å². The summed E-state index contributed by atoms with van der Waals surface area (Å²) < 4.78 is 1.15. The van der Waals surface area contributed by atoms with E-state index in [4.69, 9.17) is 5.11 Å². The number of amides is 1. The van der Waals surface area contributed by atoms with Crippen molar-refractivity contribution < 1.29 is 9.90 Å². The van der Waals surface area contributed by atoms with Gasteiger partial charge >= 0.3 is 0 Å². The van der Waals surface area contributed by atoms with Crippen molar-refractivity contribution in [3.05, 3.63) is 27.3 Å². The molecular weight excluding hydrogens is 317 g/mol. The summed E-state index contributed by atoms with van der Waals surface area (Å²) in [6.07, 6.45) is 0.418. The maximum absolute atomic E-state index is 11.5. The molecule has 4 heteroatoms. The first kappa shape index (κ1) is 13.4. The third-order valence-corrected chi connectivity index (χ3v) is 2.92. The van der Waals surface area contributed by atoms with E-state index in [-0.39, 0.29) is 5.91 Å². The Morgan fingerprint density at radius 1 is 1.56 bits per heavy atom. The molecule has 88 valence electrons. The molecule has 0 heterocycles. The number of hydrogen-bond donors (Lipinski definition) is 2. The number of aryl methyl sites for hydroxylation is 1. The molecule has 1 atom stereocenters. The zero-order valence-corrected chi connectivity index (χ0v) is 11.6. The first-order chi connectivity index (χ1) is 7.49. The number of rotatable bonds is 4. The van der Waals surface area contributed by atoms with Crippen molar-refractivity contribution in [1.82, 2.24) is 0 Å². The van der Waals surface area contributed by atoms with E-state index >= 15 is 0 Å². The Kier molecular flexibility index (Phi) is 5.21. The van der Waals surface area contributed by atoms with Crippen molar-refractivity contribution >= 4 is 34.2 Å².